The van der Waals surface area contributed by atoms with Crippen molar-refractivity contribution in [1.82, 2.24) is 4.98 Å². The number of Topliss-reactive ketones (excluding diaryl/α,β-unsaturated/α-hetero) is 1. The van der Waals surface area contributed by atoms with Gasteiger partial charge in [-0.15, -0.1) is 11.3 Å². The molecule has 1 fully saturated rings. The van der Waals surface area contributed by atoms with Gasteiger partial charge in [-0.25, -0.2) is 4.98 Å². The van der Waals surface area contributed by atoms with Crippen LogP contribution in [0.5, 0.6) is 11.5 Å². The normalized spacial score (nSPS) is 17.5. The summed E-state index contributed by atoms with van der Waals surface area (Å²) in [5.41, 5.74) is 1.97. The van der Waals surface area contributed by atoms with E-state index >= 15 is 0 Å². The number of methoxy groups -OCH3 is 2. The summed E-state index contributed by atoms with van der Waals surface area (Å²) in [6.07, 6.45) is 0. The Morgan fingerprint density at radius 3 is 2.59 bits per heavy atom. The van der Waals surface area contributed by atoms with Crippen molar-refractivity contribution < 1.29 is 24.2 Å². The van der Waals surface area contributed by atoms with Crippen LogP contribution in [0.3, 0.4) is 0 Å². The maximum Gasteiger partial charge on any atom is 0.301 e. The zero-order valence-electron chi connectivity index (χ0n) is 18.6. The lowest BCUT2D eigenvalue weighted by molar-refractivity contribution is -0.132. The quantitative estimate of drug-likeness (QED) is 0.231. The molecule has 0 unspecified atom stereocenters. The van der Waals surface area contributed by atoms with Gasteiger partial charge in [-0.3, -0.25) is 14.5 Å². The zero-order valence-corrected chi connectivity index (χ0v) is 20.2. The van der Waals surface area contributed by atoms with Gasteiger partial charge in [0.1, 0.15) is 23.3 Å². The number of fused-ring (bicyclic) bond motifs is 1. The van der Waals surface area contributed by atoms with Crippen LogP contribution >= 0.6 is 22.7 Å². The fourth-order valence-electron chi connectivity index (χ4n) is 4.05. The minimum Gasteiger partial charge on any atom is -0.507 e. The van der Waals surface area contributed by atoms with Crippen LogP contribution in [-0.4, -0.2) is 36.0 Å². The highest BCUT2D eigenvalue weighted by Gasteiger charge is 2.48. The van der Waals surface area contributed by atoms with Gasteiger partial charge in [-0.1, -0.05) is 17.4 Å². The minimum absolute atomic E-state index is 0.0360. The van der Waals surface area contributed by atoms with Crippen LogP contribution in [0.15, 0.2) is 59.5 Å². The van der Waals surface area contributed by atoms with Crippen molar-refractivity contribution in [1.29, 1.82) is 0 Å². The fraction of sp³-hybridized carbons (Fsp3) is 0.160. The van der Waals surface area contributed by atoms with Crippen molar-refractivity contribution in [2.75, 3.05) is 19.1 Å². The molecular formula is C25H20N2O5S2. The maximum atomic E-state index is 13.3. The van der Waals surface area contributed by atoms with Crippen LogP contribution in [0.1, 0.15) is 22.0 Å². The number of thiazole rings is 1. The van der Waals surface area contributed by atoms with E-state index in [0.29, 0.717) is 27.7 Å². The number of amides is 1. The van der Waals surface area contributed by atoms with Crippen molar-refractivity contribution in [2.24, 2.45) is 0 Å². The molecule has 0 spiro atoms. The summed E-state index contributed by atoms with van der Waals surface area (Å²) in [6.45, 7) is 1.85. The summed E-state index contributed by atoms with van der Waals surface area (Å²) < 4.78 is 11.4. The molecule has 0 saturated carbocycles. The predicted molar refractivity (Wildman–Crippen MR) is 133 cm³/mol. The topological polar surface area (TPSA) is 89.0 Å². The molecule has 9 heteroatoms. The number of carbonyl (C=O) groups is 2. The standard InChI is InChI=1S/C25H20N2O5S2/c1-13-11-14(6-9-17(13)32-3)22(28)20-21(18-5-4-10-33-18)27(24(30)23(20)29)25-26-16-8-7-15(31-2)12-19(16)34-25/h4-12,21,28H,1-3H3/t21-/m0/s1. The van der Waals surface area contributed by atoms with E-state index in [-0.39, 0.29) is 11.3 Å². The van der Waals surface area contributed by atoms with Crippen LogP contribution in [0.4, 0.5) is 5.13 Å². The highest BCUT2D eigenvalue weighted by atomic mass is 32.1. The number of thiophene rings is 1. The smallest absolute Gasteiger partial charge is 0.301 e. The third-order valence-corrected chi connectivity index (χ3v) is 7.66. The molecule has 2 aromatic carbocycles. The van der Waals surface area contributed by atoms with Crippen LogP contribution < -0.4 is 14.4 Å². The van der Waals surface area contributed by atoms with E-state index in [4.69, 9.17) is 9.47 Å². The number of aryl methyl sites for hydroxylation is 1. The third kappa shape index (κ3) is 3.53. The number of aliphatic hydroxyl groups is 1. The van der Waals surface area contributed by atoms with Crippen molar-refractivity contribution in [3.8, 4) is 11.5 Å². The number of carbonyl (C=O) groups excluding carboxylic acids is 2. The molecule has 1 aliphatic heterocycles. The summed E-state index contributed by atoms with van der Waals surface area (Å²) in [4.78, 5) is 33.3. The molecule has 2 aromatic heterocycles. The van der Waals surface area contributed by atoms with E-state index in [1.165, 1.54) is 27.6 Å². The first-order chi connectivity index (χ1) is 16.4. The molecule has 0 radical (unpaired) electrons. The summed E-state index contributed by atoms with van der Waals surface area (Å²) in [5.74, 6) is -0.364. The maximum absolute atomic E-state index is 13.3. The lowest BCUT2D eigenvalue weighted by atomic mass is 9.99. The fourth-order valence-corrected chi connectivity index (χ4v) is 5.89. The average molecular weight is 493 g/mol. The molecule has 1 N–H and O–H groups in total. The Kier molecular flexibility index (Phi) is 5.59. The Bertz CT molecular complexity index is 1460. The predicted octanol–water partition coefficient (Wildman–Crippen LogP) is 5.31. The molecule has 7 nitrogen and oxygen atoms in total. The Balaban J connectivity index is 1.68. The van der Waals surface area contributed by atoms with Crippen LogP contribution in [0.25, 0.3) is 16.0 Å². The number of rotatable bonds is 5. The second kappa shape index (κ2) is 8.58. The first-order valence-electron chi connectivity index (χ1n) is 10.4. The third-order valence-electron chi connectivity index (χ3n) is 5.72. The molecule has 1 saturated heterocycles. The number of ketones is 1. The molecule has 5 rings (SSSR count). The molecule has 3 heterocycles. The van der Waals surface area contributed by atoms with Gasteiger partial charge in [0.05, 0.1) is 30.0 Å². The van der Waals surface area contributed by atoms with E-state index in [1.54, 1.807) is 38.5 Å². The summed E-state index contributed by atoms with van der Waals surface area (Å²) in [7, 11) is 3.15. The molecular weight excluding hydrogens is 472 g/mol. The lowest BCUT2D eigenvalue weighted by Crippen LogP contribution is -2.28. The first kappa shape index (κ1) is 22.1. The minimum atomic E-state index is -0.787. The van der Waals surface area contributed by atoms with Gasteiger partial charge in [0, 0.05) is 10.4 Å². The molecule has 172 valence electrons. The monoisotopic (exact) mass is 492 g/mol. The molecule has 34 heavy (non-hydrogen) atoms. The Hall–Kier alpha value is -3.69. The molecule has 0 bridgehead atoms. The summed E-state index contributed by atoms with van der Waals surface area (Å²) in [6, 6.07) is 13.5. The van der Waals surface area contributed by atoms with Gasteiger partial charge in [0.15, 0.2) is 5.13 Å². The van der Waals surface area contributed by atoms with E-state index in [9.17, 15) is 14.7 Å². The van der Waals surface area contributed by atoms with Crippen LogP contribution in [-0.2, 0) is 9.59 Å². The van der Waals surface area contributed by atoms with Gasteiger partial charge < -0.3 is 14.6 Å². The number of hydrogen-bond acceptors (Lipinski definition) is 8. The highest BCUT2D eigenvalue weighted by Crippen LogP contribution is 2.45. The average Bonchev–Trinajstić information content (AvgIpc) is 3.56. The van der Waals surface area contributed by atoms with Gasteiger partial charge in [-0.05, 0) is 60.3 Å². The number of anilines is 1. The largest absolute Gasteiger partial charge is 0.507 e. The van der Waals surface area contributed by atoms with Gasteiger partial charge in [0.2, 0.25) is 0 Å². The zero-order chi connectivity index (χ0) is 24.0. The molecule has 4 aromatic rings. The van der Waals surface area contributed by atoms with Crippen LogP contribution in [0.2, 0.25) is 0 Å². The number of aliphatic hydroxyl groups excluding tert-OH is 1. The van der Waals surface area contributed by atoms with E-state index < -0.39 is 17.7 Å². The van der Waals surface area contributed by atoms with E-state index in [1.807, 2.05) is 36.6 Å². The highest BCUT2D eigenvalue weighted by molar-refractivity contribution is 7.22. The van der Waals surface area contributed by atoms with Crippen LogP contribution in [0, 0.1) is 6.92 Å². The number of benzene rings is 2. The number of ether oxygens (including phenoxy) is 2. The lowest BCUT2D eigenvalue weighted by Gasteiger charge is -2.21. The molecule has 1 atom stereocenters. The van der Waals surface area contributed by atoms with E-state index in [0.717, 1.165) is 15.1 Å². The van der Waals surface area contributed by atoms with E-state index in [2.05, 4.69) is 4.98 Å². The Morgan fingerprint density at radius 2 is 1.91 bits per heavy atom. The second-order valence-electron chi connectivity index (χ2n) is 7.70. The van der Waals surface area contributed by atoms with Gasteiger partial charge >= 0.3 is 5.91 Å². The molecule has 1 aliphatic rings. The summed E-state index contributed by atoms with van der Waals surface area (Å²) in [5, 5.41) is 13.5. The number of hydrogen-bond donors (Lipinski definition) is 1. The van der Waals surface area contributed by atoms with Crippen molar-refractivity contribution in [3.63, 3.8) is 0 Å². The summed E-state index contributed by atoms with van der Waals surface area (Å²) >= 11 is 2.70. The van der Waals surface area contributed by atoms with Gasteiger partial charge in [-0.2, -0.15) is 0 Å². The first-order valence-corrected chi connectivity index (χ1v) is 12.1. The van der Waals surface area contributed by atoms with Crippen molar-refractivity contribution >= 4 is 55.5 Å². The van der Waals surface area contributed by atoms with Crippen molar-refractivity contribution in [2.45, 2.75) is 13.0 Å². The number of aromatic nitrogens is 1. The molecule has 1 amide bonds. The number of nitrogens with zero attached hydrogens (tertiary/aromatic N) is 2. The second-order valence-corrected chi connectivity index (χ2v) is 9.69. The molecule has 0 aliphatic carbocycles. The van der Waals surface area contributed by atoms with Crippen molar-refractivity contribution in [3.05, 3.63) is 75.5 Å². The van der Waals surface area contributed by atoms with Gasteiger partial charge in [0.25, 0.3) is 5.78 Å². The SMILES string of the molecule is COc1ccc2nc(N3C(=O)C(=O)C(=C(O)c4ccc(OC)c(C)c4)[C@@H]3c3cccs3)sc2c1. The Labute approximate surface area is 203 Å². The Morgan fingerprint density at radius 1 is 1.09 bits per heavy atom.